The SMILES string of the molecule is CCN([C@H](C)C(C)(C)C)S(=O)(=O)c1ccccc1P(c1ccccc1)c1ccccc1. The molecule has 0 bridgehead atoms. The summed E-state index contributed by atoms with van der Waals surface area (Å²) >= 11 is 0. The highest BCUT2D eigenvalue weighted by molar-refractivity contribution is 7.90. The molecule has 3 aromatic rings. The van der Waals surface area contributed by atoms with Gasteiger partial charge in [-0.05, 0) is 36.9 Å². The van der Waals surface area contributed by atoms with Crippen LogP contribution in [0.15, 0.2) is 89.8 Å². The Hall–Kier alpha value is -2.00. The maximum atomic E-state index is 14.0. The van der Waals surface area contributed by atoms with Gasteiger partial charge in [0.05, 0.1) is 4.90 Å². The molecule has 0 saturated heterocycles. The number of sulfonamides is 1. The normalized spacial score (nSPS) is 13.5. The van der Waals surface area contributed by atoms with Crippen LogP contribution in [0.5, 0.6) is 0 Å². The van der Waals surface area contributed by atoms with Crippen LogP contribution in [0, 0.1) is 5.41 Å². The molecule has 0 aromatic heterocycles. The second kappa shape index (κ2) is 9.65. The highest BCUT2D eigenvalue weighted by Gasteiger charge is 2.36. The Morgan fingerprint density at radius 3 is 1.71 bits per heavy atom. The molecule has 0 amide bonds. The molecule has 31 heavy (non-hydrogen) atoms. The van der Waals surface area contributed by atoms with E-state index >= 15 is 0 Å². The molecule has 3 rings (SSSR count). The van der Waals surface area contributed by atoms with Crippen molar-refractivity contribution in [3.05, 3.63) is 84.9 Å². The third-order valence-electron chi connectivity index (χ3n) is 5.72. The lowest BCUT2D eigenvalue weighted by molar-refractivity contribution is 0.198. The maximum absolute atomic E-state index is 14.0. The predicted molar refractivity (Wildman–Crippen MR) is 134 cm³/mol. The summed E-state index contributed by atoms with van der Waals surface area (Å²) < 4.78 is 29.6. The molecule has 0 aliphatic carbocycles. The molecule has 0 fully saturated rings. The van der Waals surface area contributed by atoms with Crippen molar-refractivity contribution in [1.82, 2.24) is 4.31 Å². The van der Waals surface area contributed by atoms with E-state index in [-0.39, 0.29) is 11.5 Å². The molecule has 3 nitrogen and oxygen atoms in total. The van der Waals surface area contributed by atoms with Gasteiger partial charge in [0.15, 0.2) is 0 Å². The first kappa shape index (κ1) is 23.7. The average Bonchev–Trinajstić information content (AvgIpc) is 2.75. The Labute approximate surface area is 188 Å². The van der Waals surface area contributed by atoms with Gasteiger partial charge in [-0.2, -0.15) is 4.31 Å². The Kier molecular flexibility index (Phi) is 7.36. The van der Waals surface area contributed by atoms with Crippen molar-refractivity contribution < 1.29 is 8.42 Å². The summed E-state index contributed by atoms with van der Waals surface area (Å²) in [4.78, 5) is 0.409. The summed E-state index contributed by atoms with van der Waals surface area (Å²) in [5.41, 5.74) is -0.165. The summed E-state index contributed by atoms with van der Waals surface area (Å²) in [5, 5.41) is 3.14. The molecule has 0 radical (unpaired) electrons. The van der Waals surface area contributed by atoms with E-state index < -0.39 is 17.9 Å². The lowest BCUT2D eigenvalue weighted by Crippen LogP contribution is -2.46. The lowest BCUT2D eigenvalue weighted by atomic mass is 9.88. The van der Waals surface area contributed by atoms with Gasteiger partial charge in [0, 0.05) is 17.9 Å². The fourth-order valence-corrected chi connectivity index (χ4v) is 8.50. The molecule has 0 heterocycles. The van der Waals surface area contributed by atoms with Crippen LogP contribution in [0.1, 0.15) is 34.6 Å². The predicted octanol–water partition coefficient (Wildman–Crippen LogP) is 4.89. The zero-order valence-electron chi connectivity index (χ0n) is 19.0. The first-order valence-electron chi connectivity index (χ1n) is 10.7. The third kappa shape index (κ3) is 5.09. The first-order chi connectivity index (χ1) is 14.7. The number of nitrogens with zero attached hydrogens (tertiary/aromatic N) is 1. The molecule has 164 valence electrons. The van der Waals surface area contributed by atoms with Gasteiger partial charge in [0.1, 0.15) is 0 Å². The second-order valence-electron chi connectivity index (χ2n) is 8.72. The van der Waals surface area contributed by atoms with Crippen molar-refractivity contribution in [3.8, 4) is 0 Å². The maximum Gasteiger partial charge on any atom is 0.243 e. The molecule has 0 spiro atoms. The van der Waals surface area contributed by atoms with Gasteiger partial charge in [-0.3, -0.25) is 0 Å². The highest BCUT2D eigenvalue weighted by Crippen LogP contribution is 2.37. The van der Waals surface area contributed by atoms with Crippen LogP contribution in [0.3, 0.4) is 0 Å². The first-order valence-corrected chi connectivity index (χ1v) is 13.5. The van der Waals surface area contributed by atoms with Gasteiger partial charge < -0.3 is 0 Å². The summed E-state index contributed by atoms with van der Waals surface area (Å²) in [6.07, 6.45) is 0. The van der Waals surface area contributed by atoms with E-state index in [0.29, 0.717) is 11.4 Å². The molecular formula is C26H32NO2PS. The minimum absolute atomic E-state index is 0.129. The van der Waals surface area contributed by atoms with Gasteiger partial charge in [-0.1, -0.05) is 107 Å². The number of hydrogen-bond acceptors (Lipinski definition) is 2. The van der Waals surface area contributed by atoms with Crippen molar-refractivity contribution >= 4 is 33.9 Å². The topological polar surface area (TPSA) is 37.4 Å². The van der Waals surface area contributed by atoms with Crippen LogP contribution in [0.4, 0.5) is 0 Å². The van der Waals surface area contributed by atoms with Crippen LogP contribution in [0.2, 0.25) is 0 Å². The van der Waals surface area contributed by atoms with Crippen molar-refractivity contribution in [2.75, 3.05) is 6.54 Å². The van der Waals surface area contributed by atoms with E-state index in [2.05, 4.69) is 45.0 Å². The van der Waals surface area contributed by atoms with Gasteiger partial charge >= 0.3 is 0 Å². The van der Waals surface area contributed by atoms with E-state index in [1.54, 1.807) is 10.4 Å². The van der Waals surface area contributed by atoms with E-state index in [1.807, 2.05) is 68.4 Å². The smallest absolute Gasteiger partial charge is 0.207 e. The molecule has 3 aromatic carbocycles. The summed E-state index contributed by atoms with van der Waals surface area (Å²) in [7, 11) is -4.69. The average molecular weight is 454 g/mol. The molecule has 1 atom stereocenters. The summed E-state index contributed by atoms with van der Waals surface area (Å²) in [6.45, 7) is 10.6. The van der Waals surface area contributed by atoms with Gasteiger partial charge in [0.2, 0.25) is 10.0 Å². The van der Waals surface area contributed by atoms with Crippen molar-refractivity contribution in [1.29, 1.82) is 0 Å². The van der Waals surface area contributed by atoms with Crippen LogP contribution in [-0.4, -0.2) is 25.3 Å². The Bertz CT molecular complexity index is 1050. The van der Waals surface area contributed by atoms with Crippen molar-refractivity contribution in [2.45, 2.75) is 45.6 Å². The molecular weight excluding hydrogens is 421 g/mol. The molecule has 0 aliphatic rings. The highest BCUT2D eigenvalue weighted by atomic mass is 32.2. The molecule has 0 aliphatic heterocycles. The Balaban J connectivity index is 2.22. The molecule has 0 saturated carbocycles. The van der Waals surface area contributed by atoms with Crippen LogP contribution >= 0.6 is 7.92 Å². The fourth-order valence-electron chi connectivity index (χ4n) is 3.65. The zero-order valence-corrected chi connectivity index (χ0v) is 20.7. The van der Waals surface area contributed by atoms with Crippen LogP contribution in [-0.2, 0) is 10.0 Å². The number of benzene rings is 3. The lowest BCUT2D eigenvalue weighted by Gasteiger charge is -2.37. The third-order valence-corrected chi connectivity index (χ3v) is 10.5. The zero-order chi connectivity index (χ0) is 22.6. The Morgan fingerprint density at radius 1 is 0.806 bits per heavy atom. The largest absolute Gasteiger partial charge is 0.243 e. The minimum atomic E-state index is -3.68. The van der Waals surface area contributed by atoms with Crippen molar-refractivity contribution in [3.63, 3.8) is 0 Å². The molecule has 0 N–H and O–H groups in total. The van der Waals surface area contributed by atoms with Gasteiger partial charge in [-0.15, -0.1) is 0 Å². The summed E-state index contributed by atoms with van der Waals surface area (Å²) in [5.74, 6) is 0. The second-order valence-corrected chi connectivity index (χ2v) is 12.8. The van der Waals surface area contributed by atoms with Gasteiger partial charge in [0.25, 0.3) is 0 Å². The summed E-state index contributed by atoms with van der Waals surface area (Å²) in [6, 6.07) is 27.8. The number of rotatable bonds is 7. The van der Waals surface area contributed by atoms with E-state index in [4.69, 9.17) is 0 Å². The van der Waals surface area contributed by atoms with Crippen molar-refractivity contribution in [2.24, 2.45) is 5.41 Å². The van der Waals surface area contributed by atoms with E-state index in [9.17, 15) is 8.42 Å². The van der Waals surface area contributed by atoms with Crippen LogP contribution in [0.25, 0.3) is 0 Å². The standard InChI is InChI=1S/C26H32NO2PS/c1-6-27(21(2)26(3,4)5)31(28,29)25-20-14-13-19-24(25)30(22-15-9-7-10-16-22)23-17-11-8-12-18-23/h7-21H,6H2,1-5H3/t21-/m1/s1. The molecule has 0 unspecified atom stereocenters. The Morgan fingerprint density at radius 2 is 1.26 bits per heavy atom. The monoisotopic (exact) mass is 453 g/mol. The number of hydrogen-bond donors (Lipinski definition) is 0. The molecule has 5 heteroatoms. The van der Waals surface area contributed by atoms with E-state index in [1.165, 1.54) is 0 Å². The van der Waals surface area contributed by atoms with E-state index in [0.717, 1.165) is 15.9 Å². The van der Waals surface area contributed by atoms with Gasteiger partial charge in [-0.25, -0.2) is 8.42 Å². The fraction of sp³-hybridized carbons (Fsp3) is 0.308. The minimum Gasteiger partial charge on any atom is -0.207 e. The quantitative estimate of drug-likeness (QED) is 0.478. The van der Waals surface area contributed by atoms with Crippen LogP contribution < -0.4 is 15.9 Å².